The minimum Gasteiger partial charge on any atom is -0.326 e. The van der Waals surface area contributed by atoms with E-state index in [0.717, 1.165) is 16.3 Å². The van der Waals surface area contributed by atoms with Crippen LogP contribution in [0.1, 0.15) is 36.5 Å². The number of nitrogens with one attached hydrogen (secondary N) is 1. The summed E-state index contributed by atoms with van der Waals surface area (Å²) in [4.78, 5) is 24.0. The van der Waals surface area contributed by atoms with E-state index in [1.165, 1.54) is 7.05 Å². The highest BCUT2D eigenvalue weighted by atomic mass is 32.2. The highest BCUT2D eigenvalue weighted by Gasteiger charge is 2.37. The van der Waals surface area contributed by atoms with Crippen LogP contribution in [0.4, 0.5) is 18.9 Å². The van der Waals surface area contributed by atoms with Gasteiger partial charge in [-0.3, -0.25) is 9.59 Å². The Hall–Kier alpha value is -2.36. The molecule has 10 heteroatoms. The van der Waals surface area contributed by atoms with E-state index in [1.807, 2.05) is 13.8 Å². The zero-order valence-electron chi connectivity index (χ0n) is 15.0. The number of thioether (sulfide) groups is 1. The van der Waals surface area contributed by atoms with Gasteiger partial charge in [0.2, 0.25) is 11.7 Å². The van der Waals surface area contributed by atoms with E-state index in [9.17, 15) is 22.8 Å². The molecular weight excluding hydrogens is 381 g/mol. The normalized spacial score (nSPS) is 11.7. The average Bonchev–Trinajstić information content (AvgIpc) is 2.93. The summed E-state index contributed by atoms with van der Waals surface area (Å²) in [7, 11) is 1.20. The molecule has 146 valence electrons. The van der Waals surface area contributed by atoms with Crippen LogP contribution in [-0.4, -0.2) is 32.2 Å². The fraction of sp³-hybridized carbons (Fsp3) is 0.412. The molecule has 6 nitrogen and oxygen atoms in total. The number of rotatable bonds is 7. The number of amides is 1. The Morgan fingerprint density at radius 2 is 1.81 bits per heavy atom. The molecule has 2 rings (SSSR count). The Balaban J connectivity index is 1.95. The molecule has 0 saturated heterocycles. The molecule has 0 radical (unpaired) electrons. The van der Waals surface area contributed by atoms with Crippen LogP contribution in [0, 0.1) is 5.92 Å². The number of hydrogen-bond acceptors (Lipinski definition) is 5. The lowest BCUT2D eigenvalue weighted by atomic mass is 10.1. The van der Waals surface area contributed by atoms with E-state index >= 15 is 0 Å². The third kappa shape index (κ3) is 5.81. The molecule has 1 N–H and O–H groups in total. The van der Waals surface area contributed by atoms with Crippen LogP contribution >= 0.6 is 11.8 Å². The van der Waals surface area contributed by atoms with Crippen molar-refractivity contribution in [2.24, 2.45) is 13.0 Å². The van der Waals surface area contributed by atoms with Crippen molar-refractivity contribution in [1.82, 2.24) is 14.8 Å². The number of halogens is 3. The highest BCUT2D eigenvalue weighted by Crippen LogP contribution is 2.29. The zero-order valence-corrected chi connectivity index (χ0v) is 15.8. The Bertz CT molecular complexity index is 817. The number of aromatic nitrogens is 3. The van der Waals surface area contributed by atoms with Gasteiger partial charge in [0.05, 0.1) is 5.75 Å². The summed E-state index contributed by atoms with van der Waals surface area (Å²) in [5, 5.41) is 9.33. The van der Waals surface area contributed by atoms with Crippen LogP contribution in [-0.2, 0) is 18.0 Å². The number of carbonyl (C=O) groups is 2. The Morgan fingerprint density at radius 1 is 1.19 bits per heavy atom. The van der Waals surface area contributed by atoms with E-state index < -0.39 is 12.0 Å². The molecule has 0 fully saturated rings. The molecule has 27 heavy (non-hydrogen) atoms. The summed E-state index contributed by atoms with van der Waals surface area (Å²) in [5.41, 5.74) is 0.968. The molecule has 0 aliphatic carbocycles. The van der Waals surface area contributed by atoms with Crippen molar-refractivity contribution in [2.75, 3.05) is 11.1 Å². The standard InChI is InChI=1S/C17H19F3N4O2S/c1-10(2)8-14(26)21-12-6-4-11(5-7-12)13(25)9-27-16-23-22-15(24(16)3)17(18,19)20/h4-7,10H,8-9H2,1-3H3,(H,21,26). The number of ketones is 1. The topological polar surface area (TPSA) is 76.9 Å². The van der Waals surface area contributed by atoms with Gasteiger partial charge in [-0.2, -0.15) is 13.2 Å². The Kier molecular flexibility index (Phi) is 6.63. The second-order valence-electron chi connectivity index (χ2n) is 6.30. The maximum atomic E-state index is 12.7. The van der Waals surface area contributed by atoms with Crippen molar-refractivity contribution in [2.45, 2.75) is 31.6 Å². The fourth-order valence-corrected chi connectivity index (χ4v) is 3.03. The summed E-state index contributed by atoms with van der Waals surface area (Å²) < 4.78 is 38.9. The highest BCUT2D eigenvalue weighted by molar-refractivity contribution is 7.99. The van der Waals surface area contributed by atoms with Gasteiger partial charge >= 0.3 is 6.18 Å². The molecule has 1 amide bonds. The summed E-state index contributed by atoms with van der Waals surface area (Å²) in [6, 6.07) is 6.35. The van der Waals surface area contributed by atoms with Gasteiger partial charge in [0.25, 0.3) is 0 Å². The number of alkyl halides is 3. The third-order valence-electron chi connectivity index (χ3n) is 3.51. The molecule has 0 saturated carbocycles. The van der Waals surface area contributed by atoms with E-state index in [0.29, 0.717) is 17.7 Å². The van der Waals surface area contributed by atoms with Gasteiger partial charge in [0.15, 0.2) is 10.9 Å². The van der Waals surface area contributed by atoms with Crippen molar-refractivity contribution in [3.05, 3.63) is 35.7 Å². The molecule has 0 bridgehead atoms. The molecule has 1 heterocycles. The predicted molar refractivity (Wildman–Crippen MR) is 95.6 cm³/mol. The van der Waals surface area contributed by atoms with Gasteiger partial charge in [-0.1, -0.05) is 25.6 Å². The number of benzene rings is 1. The smallest absolute Gasteiger partial charge is 0.326 e. The number of hydrogen-bond donors (Lipinski definition) is 1. The predicted octanol–water partition coefficient (Wildman–Crippen LogP) is 3.79. The molecular formula is C17H19F3N4O2S. The lowest BCUT2D eigenvalue weighted by Gasteiger charge is -2.08. The third-order valence-corrected chi connectivity index (χ3v) is 4.53. The number of carbonyl (C=O) groups excluding carboxylic acids is 2. The molecule has 1 aromatic carbocycles. The first-order chi connectivity index (χ1) is 12.6. The van der Waals surface area contributed by atoms with Crippen molar-refractivity contribution >= 4 is 29.1 Å². The van der Waals surface area contributed by atoms with Gasteiger partial charge in [0, 0.05) is 24.7 Å². The Labute approximate surface area is 158 Å². The minimum absolute atomic E-state index is 0.00763. The van der Waals surface area contributed by atoms with Crippen molar-refractivity contribution in [3.63, 3.8) is 0 Å². The maximum absolute atomic E-state index is 12.7. The molecule has 0 aliphatic heterocycles. The summed E-state index contributed by atoms with van der Waals surface area (Å²) >= 11 is 0.879. The molecule has 0 spiro atoms. The van der Waals surface area contributed by atoms with Crippen LogP contribution in [0.2, 0.25) is 0 Å². The van der Waals surface area contributed by atoms with Crippen LogP contribution < -0.4 is 5.32 Å². The van der Waals surface area contributed by atoms with E-state index in [2.05, 4.69) is 15.5 Å². The first-order valence-electron chi connectivity index (χ1n) is 8.10. The number of nitrogens with zero attached hydrogens (tertiary/aromatic N) is 3. The summed E-state index contributed by atoms with van der Waals surface area (Å²) in [5.74, 6) is -1.33. The average molecular weight is 400 g/mol. The SMILES string of the molecule is CC(C)CC(=O)Nc1ccc(C(=O)CSc2nnc(C(F)(F)F)n2C)cc1. The first kappa shape index (κ1) is 20.9. The van der Waals surface area contributed by atoms with Gasteiger partial charge in [0.1, 0.15) is 0 Å². The first-order valence-corrected chi connectivity index (χ1v) is 9.09. The van der Waals surface area contributed by atoms with Gasteiger partial charge in [-0.15, -0.1) is 10.2 Å². The number of anilines is 1. The quantitative estimate of drug-likeness (QED) is 0.565. The van der Waals surface area contributed by atoms with Gasteiger partial charge < -0.3 is 9.88 Å². The summed E-state index contributed by atoms with van der Waals surface area (Å²) in [6.07, 6.45) is -4.20. The second kappa shape index (κ2) is 8.55. The molecule has 1 aromatic heterocycles. The monoisotopic (exact) mass is 400 g/mol. The van der Waals surface area contributed by atoms with Crippen LogP contribution in [0.3, 0.4) is 0 Å². The fourth-order valence-electron chi connectivity index (χ4n) is 2.22. The van der Waals surface area contributed by atoms with Crippen LogP contribution in [0.15, 0.2) is 29.4 Å². The lowest BCUT2D eigenvalue weighted by Crippen LogP contribution is -2.14. The molecule has 2 aromatic rings. The number of Topliss-reactive ketones (excluding diaryl/α,β-unsaturated/α-hetero) is 1. The van der Waals surface area contributed by atoms with Crippen LogP contribution in [0.5, 0.6) is 0 Å². The van der Waals surface area contributed by atoms with E-state index in [1.54, 1.807) is 24.3 Å². The molecule has 0 atom stereocenters. The Morgan fingerprint density at radius 3 is 2.33 bits per heavy atom. The molecule has 0 aliphatic rings. The second-order valence-corrected chi connectivity index (χ2v) is 7.24. The van der Waals surface area contributed by atoms with Crippen molar-refractivity contribution < 1.29 is 22.8 Å². The van der Waals surface area contributed by atoms with E-state index in [-0.39, 0.29) is 28.5 Å². The van der Waals surface area contributed by atoms with Gasteiger partial charge in [-0.25, -0.2) is 0 Å². The largest absolute Gasteiger partial charge is 0.451 e. The van der Waals surface area contributed by atoms with Gasteiger partial charge in [-0.05, 0) is 30.2 Å². The zero-order chi connectivity index (χ0) is 20.2. The summed E-state index contributed by atoms with van der Waals surface area (Å²) in [6.45, 7) is 3.88. The maximum Gasteiger partial charge on any atom is 0.451 e. The van der Waals surface area contributed by atoms with Crippen molar-refractivity contribution in [3.8, 4) is 0 Å². The van der Waals surface area contributed by atoms with E-state index in [4.69, 9.17) is 0 Å². The van der Waals surface area contributed by atoms with Crippen molar-refractivity contribution in [1.29, 1.82) is 0 Å². The van der Waals surface area contributed by atoms with Crippen LogP contribution in [0.25, 0.3) is 0 Å². The molecule has 0 unspecified atom stereocenters. The lowest BCUT2D eigenvalue weighted by molar-refractivity contribution is -0.147. The minimum atomic E-state index is -4.60.